The first-order chi connectivity index (χ1) is 17.2. The lowest BCUT2D eigenvalue weighted by molar-refractivity contribution is 0.247. The molecule has 5 nitrogen and oxygen atoms in total. The first kappa shape index (κ1) is 25.7. The van der Waals surface area contributed by atoms with E-state index in [0.29, 0.717) is 12.2 Å². The Hall–Kier alpha value is -2.99. The van der Waals surface area contributed by atoms with Gasteiger partial charge in [0.25, 0.3) is 0 Å². The molecule has 0 unspecified atom stereocenters. The molecule has 0 bridgehead atoms. The van der Waals surface area contributed by atoms with Gasteiger partial charge in [-0.2, -0.15) is 5.10 Å². The number of nitrogens with zero attached hydrogens (tertiary/aromatic N) is 5. The average molecular weight is 544 g/mol. The third-order valence-electron chi connectivity index (χ3n) is 6.69. The Kier molecular flexibility index (Phi) is 5.91. The van der Waals surface area contributed by atoms with Crippen molar-refractivity contribution < 1.29 is 23.8 Å². The van der Waals surface area contributed by atoms with Crippen LogP contribution >= 0.6 is 10.2 Å². The summed E-state index contributed by atoms with van der Waals surface area (Å²) in [6.45, 7) is 6.02. The molecule has 0 radical (unpaired) electrons. The molecule has 1 aliphatic carbocycles. The van der Waals surface area contributed by atoms with E-state index in [1.165, 1.54) is 18.9 Å². The summed E-state index contributed by atoms with van der Waals surface area (Å²) in [5.41, 5.74) is 1.64. The number of halogens is 6. The minimum atomic E-state index is -9.77. The van der Waals surface area contributed by atoms with Crippen molar-refractivity contribution in [3.8, 4) is 0 Å². The van der Waals surface area contributed by atoms with Gasteiger partial charge in [0.1, 0.15) is 16.4 Å². The molecule has 3 aromatic rings. The summed E-state index contributed by atoms with van der Waals surface area (Å²) in [7, 11) is -9.77. The lowest BCUT2D eigenvalue weighted by Gasteiger charge is -2.40. The number of aryl methyl sites for hydroxylation is 1. The Morgan fingerprint density at radius 2 is 1.65 bits per heavy atom. The highest BCUT2D eigenvalue weighted by Crippen LogP contribution is 3.02. The Balaban J connectivity index is 1.28. The maximum absolute atomic E-state index is 14.8. The Morgan fingerprint density at radius 1 is 0.973 bits per heavy atom. The second-order valence-electron chi connectivity index (χ2n) is 9.64. The van der Waals surface area contributed by atoms with E-state index in [-0.39, 0.29) is 23.4 Å². The third-order valence-corrected chi connectivity index (χ3v) is 7.85. The van der Waals surface area contributed by atoms with Crippen LogP contribution in [0.15, 0.2) is 53.6 Å². The molecule has 0 amide bonds. The van der Waals surface area contributed by atoms with Crippen LogP contribution in [0, 0.1) is 6.92 Å². The summed E-state index contributed by atoms with van der Waals surface area (Å²) in [4.78, 5) is 7.29. The highest BCUT2D eigenvalue weighted by Gasteiger charge is 2.65. The number of pyridine rings is 1. The molecule has 3 heterocycles. The number of rotatable bonds is 7. The lowest BCUT2D eigenvalue weighted by Crippen LogP contribution is -2.47. The van der Waals surface area contributed by atoms with Crippen LogP contribution in [0.1, 0.15) is 35.4 Å². The number of hydrogen-bond acceptors (Lipinski definition) is 4. The first-order valence-electron chi connectivity index (χ1n) is 12.0. The summed E-state index contributed by atoms with van der Waals surface area (Å²) in [5, 5.41) is 4.30. The van der Waals surface area contributed by atoms with E-state index in [1.54, 1.807) is 17.8 Å². The second-order valence-corrected chi connectivity index (χ2v) is 12.0. The molecule has 1 aliphatic heterocycles. The van der Waals surface area contributed by atoms with Crippen LogP contribution in [0.3, 0.4) is 0 Å². The van der Waals surface area contributed by atoms with E-state index in [2.05, 4.69) is 19.9 Å². The van der Waals surface area contributed by atoms with Crippen LogP contribution in [-0.4, -0.2) is 51.9 Å². The largest absolute Gasteiger partial charge is 0.354 e. The van der Waals surface area contributed by atoms with Crippen LogP contribution in [-0.2, 0) is 6.54 Å². The fourth-order valence-corrected chi connectivity index (χ4v) is 5.14. The van der Waals surface area contributed by atoms with Crippen LogP contribution in [0.2, 0.25) is 0 Å². The minimum absolute atomic E-state index is 0.000215. The van der Waals surface area contributed by atoms with Crippen molar-refractivity contribution in [1.29, 1.82) is 0 Å². The molecule has 2 aromatic heterocycles. The van der Waals surface area contributed by atoms with Crippen molar-refractivity contribution in [2.75, 3.05) is 31.1 Å². The van der Waals surface area contributed by atoms with Crippen LogP contribution in [0.4, 0.5) is 29.6 Å². The van der Waals surface area contributed by atoms with Gasteiger partial charge in [-0.1, -0.05) is 31.6 Å². The predicted molar refractivity (Wildman–Crippen MR) is 134 cm³/mol. The van der Waals surface area contributed by atoms with Gasteiger partial charge in [0.15, 0.2) is 5.83 Å². The molecule has 12 heteroatoms. The summed E-state index contributed by atoms with van der Waals surface area (Å²) < 4.78 is 81.0. The SMILES string of the molecule is Cc1cc(C(F)=Cc2ccc(S(F)(F)(F)(F)F)cc2)nn1Cc1ccnc(N2CCN(C3CC3)CC2)c1. The van der Waals surface area contributed by atoms with Crippen LogP contribution in [0.5, 0.6) is 0 Å². The van der Waals surface area contributed by atoms with E-state index in [1.807, 2.05) is 12.1 Å². The second kappa shape index (κ2) is 8.52. The van der Waals surface area contributed by atoms with Crippen molar-refractivity contribution in [3.63, 3.8) is 0 Å². The minimum Gasteiger partial charge on any atom is -0.354 e. The van der Waals surface area contributed by atoms with E-state index in [9.17, 15) is 23.8 Å². The molecule has 2 aliphatic rings. The molecular weight excluding hydrogens is 516 g/mol. The highest BCUT2D eigenvalue weighted by molar-refractivity contribution is 8.45. The van der Waals surface area contributed by atoms with E-state index in [4.69, 9.17) is 0 Å². The quantitative estimate of drug-likeness (QED) is 0.300. The standard InChI is InChI=1S/C25H27F6N5S/c1-18-14-24(23(26)15-19-2-6-22(7-3-19)37(27,28,29,30)31)33-36(18)17-20-8-9-32-25(16-20)35-12-10-34(11-13-35)21-4-5-21/h2-3,6-9,14-16,21H,4-5,10-13,17H2,1H3. The maximum atomic E-state index is 14.8. The summed E-state index contributed by atoms with van der Waals surface area (Å²) in [6, 6.07) is 8.28. The van der Waals surface area contributed by atoms with E-state index >= 15 is 0 Å². The van der Waals surface area contributed by atoms with Gasteiger partial charge in [-0.05, 0) is 67.3 Å². The van der Waals surface area contributed by atoms with Gasteiger partial charge in [0.05, 0.1) is 6.54 Å². The van der Waals surface area contributed by atoms with Gasteiger partial charge < -0.3 is 4.90 Å². The summed E-state index contributed by atoms with van der Waals surface area (Å²) in [6.07, 6.45) is 5.29. The molecule has 200 valence electrons. The van der Waals surface area contributed by atoms with Gasteiger partial charge in [-0.3, -0.25) is 9.58 Å². The molecule has 1 saturated heterocycles. The fraction of sp³-hybridized carbons (Fsp3) is 0.360. The molecule has 1 saturated carbocycles. The molecule has 0 spiro atoms. The fourth-order valence-electron chi connectivity index (χ4n) is 4.49. The molecule has 1 aromatic carbocycles. The predicted octanol–water partition coefficient (Wildman–Crippen LogP) is 7.04. The molecule has 0 atom stereocenters. The Morgan fingerprint density at radius 3 is 2.27 bits per heavy atom. The number of aromatic nitrogens is 3. The number of anilines is 1. The summed E-state index contributed by atoms with van der Waals surface area (Å²) in [5.74, 6) is 0.102. The van der Waals surface area contributed by atoms with Crippen LogP contribution < -0.4 is 4.90 Å². The smallest absolute Gasteiger partial charge is 0.310 e. The summed E-state index contributed by atoms with van der Waals surface area (Å²) >= 11 is 0. The van der Waals surface area contributed by atoms with Crippen molar-refractivity contribution in [2.45, 2.75) is 37.2 Å². The van der Waals surface area contributed by atoms with Gasteiger partial charge in [-0.25, -0.2) is 9.37 Å². The molecule has 37 heavy (non-hydrogen) atoms. The van der Waals surface area contributed by atoms with Crippen molar-refractivity contribution in [3.05, 3.63) is 71.2 Å². The van der Waals surface area contributed by atoms with Gasteiger partial charge >= 0.3 is 10.2 Å². The van der Waals surface area contributed by atoms with Gasteiger partial charge in [0.2, 0.25) is 0 Å². The highest BCUT2D eigenvalue weighted by atomic mass is 32.5. The zero-order valence-corrected chi connectivity index (χ0v) is 21.0. The molecule has 0 N–H and O–H groups in total. The van der Waals surface area contributed by atoms with E-state index < -0.39 is 20.9 Å². The molecular formula is C25H27F6N5S. The lowest BCUT2D eigenvalue weighted by atomic mass is 10.2. The Bertz CT molecular complexity index is 1330. The van der Waals surface area contributed by atoms with Crippen LogP contribution in [0.25, 0.3) is 11.9 Å². The monoisotopic (exact) mass is 543 g/mol. The Labute approximate surface area is 211 Å². The van der Waals surface area contributed by atoms with Gasteiger partial charge in [-0.15, -0.1) is 0 Å². The third kappa shape index (κ3) is 6.12. The zero-order chi connectivity index (χ0) is 26.5. The number of benzene rings is 1. The average Bonchev–Trinajstić information content (AvgIpc) is 3.62. The van der Waals surface area contributed by atoms with E-state index in [0.717, 1.165) is 61.8 Å². The molecule has 5 rings (SSSR count). The zero-order valence-electron chi connectivity index (χ0n) is 20.1. The first-order valence-corrected chi connectivity index (χ1v) is 13.9. The van der Waals surface area contributed by atoms with Crippen molar-refractivity contribution in [2.24, 2.45) is 0 Å². The van der Waals surface area contributed by atoms with Crippen molar-refractivity contribution in [1.82, 2.24) is 19.7 Å². The van der Waals surface area contributed by atoms with Crippen molar-refractivity contribution >= 4 is 27.9 Å². The normalized spacial score (nSPS) is 19.5. The number of hydrogen-bond donors (Lipinski definition) is 0. The molecule has 2 fully saturated rings. The number of piperazine rings is 1. The topological polar surface area (TPSA) is 37.2 Å². The maximum Gasteiger partial charge on any atom is 0.310 e. The van der Waals surface area contributed by atoms with Gasteiger partial charge in [0, 0.05) is 44.1 Å².